The molecule has 1 aliphatic carbocycles. The van der Waals surface area contributed by atoms with Crippen molar-refractivity contribution in [1.82, 2.24) is 4.90 Å². The van der Waals surface area contributed by atoms with Gasteiger partial charge in [0.2, 0.25) is 0 Å². The standard InChI is InChI=1S/C17H26N2S/c1-19(12-14-8-4-2-5-9-14)13-16(17(18)20)15-10-6-3-7-11-15/h3,6-7,10-11,14,16H,2,4-5,8-9,12-13H2,1H3,(H2,18,20). The highest BCUT2D eigenvalue weighted by Crippen LogP contribution is 2.25. The van der Waals surface area contributed by atoms with Crippen LogP contribution in [0.25, 0.3) is 0 Å². The smallest absolute Gasteiger partial charge is 0.0816 e. The summed E-state index contributed by atoms with van der Waals surface area (Å²) >= 11 is 5.27. The van der Waals surface area contributed by atoms with Crippen LogP contribution in [0.15, 0.2) is 30.3 Å². The fourth-order valence-electron chi connectivity index (χ4n) is 3.24. The minimum atomic E-state index is 0.166. The Morgan fingerprint density at radius 2 is 1.90 bits per heavy atom. The van der Waals surface area contributed by atoms with E-state index < -0.39 is 0 Å². The lowest BCUT2D eigenvalue weighted by Crippen LogP contribution is -2.35. The number of likely N-dealkylation sites (N-methyl/N-ethyl adjacent to an activating group) is 1. The molecule has 2 N–H and O–H groups in total. The van der Waals surface area contributed by atoms with Crippen molar-refractivity contribution < 1.29 is 0 Å². The quantitative estimate of drug-likeness (QED) is 0.812. The highest BCUT2D eigenvalue weighted by molar-refractivity contribution is 7.80. The van der Waals surface area contributed by atoms with Crippen molar-refractivity contribution >= 4 is 17.2 Å². The maximum atomic E-state index is 5.95. The Balaban J connectivity index is 1.92. The molecule has 0 heterocycles. The number of nitrogens with zero attached hydrogens (tertiary/aromatic N) is 1. The van der Waals surface area contributed by atoms with Crippen LogP contribution in [0.3, 0.4) is 0 Å². The molecule has 0 spiro atoms. The molecule has 2 nitrogen and oxygen atoms in total. The van der Waals surface area contributed by atoms with Crippen molar-refractivity contribution in [2.24, 2.45) is 11.7 Å². The van der Waals surface area contributed by atoms with E-state index in [0.717, 1.165) is 12.5 Å². The SMILES string of the molecule is CN(CC1CCCCC1)CC(C(N)=S)c1ccccc1. The molecule has 110 valence electrons. The number of hydrogen-bond acceptors (Lipinski definition) is 2. The van der Waals surface area contributed by atoms with E-state index in [1.165, 1.54) is 44.2 Å². The van der Waals surface area contributed by atoms with E-state index in [0.29, 0.717) is 4.99 Å². The summed E-state index contributed by atoms with van der Waals surface area (Å²) in [5.41, 5.74) is 7.19. The first kappa shape index (κ1) is 15.5. The Kier molecular flexibility index (Phi) is 5.99. The van der Waals surface area contributed by atoms with Gasteiger partial charge in [-0.3, -0.25) is 0 Å². The summed E-state index contributed by atoms with van der Waals surface area (Å²) in [6.45, 7) is 2.10. The first-order chi connectivity index (χ1) is 9.66. The lowest BCUT2D eigenvalue weighted by atomic mass is 9.88. The molecule has 2 rings (SSSR count). The molecule has 1 unspecified atom stereocenters. The minimum absolute atomic E-state index is 0.166. The summed E-state index contributed by atoms with van der Waals surface area (Å²) < 4.78 is 0. The Morgan fingerprint density at radius 3 is 2.50 bits per heavy atom. The number of thiocarbonyl (C=S) groups is 1. The van der Waals surface area contributed by atoms with Gasteiger partial charge in [-0.05, 0) is 31.4 Å². The lowest BCUT2D eigenvalue weighted by molar-refractivity contribution is 0.232. The zero-order valence-electron chi connectivity index (χ0n) is 12.4. The Labute approximate surface area is 128 Å². The highest BCUT2D eigenvalue weighted by atomic mass is 32.1. The predicted molar refractivity (Wildman–Crippen MR) is 90.0 cm³/mol. The first-order valence-corrected chi connectivity index (χ1v) is 8.10. The summed E-state index contributed by atoms with van der Waals surface area (Å²) in [4.78, 5) is 3.01. The third-order valence-electron chi connectivity index (χ3n) is 4.33. The normalized spacial score (nSPS) is 18.1. The number of benzene rings is 1. The van der Waals surface area contributed by atoms with Gasteiger partial charge >= 0.3 is 0 Å². The van der Waals surface area contributed by atoms with E-state index in [9.17, 15) is 0 Å². The fraction of sp³-hybridized carbons (Fsp3) is 0.588. The second-order valence-corrected chi connectivity index (χ2v) is 6.56. The third-order valence-corrected chi connectivity index (χ3v) is 4.62. The topological polar surface area (TPSA) is 29.3 Å². The first-order valence-electron chi connectivity index (χ1n) is 7.69. The monoisotopic (exact) mass is 290 g/mol. The van der Waals surface area contributed by atoms with Gasteiger partial charge in [-0.2, -0.15) is 0 Å². The third kappa shape index (κ3) is 4.57. The minimum Gasteiger partial charge on any atom is -0.393 e. The molecule has 1 aromatic carbocycles. The molecule has 0 bridgehead atoms. The summed E-state index contributed by atoms with van der Waals surface area (Å²) in [6, 6.07) is 10.4. The largest absolute Gasteiger partial charge is 0.393 e. The molecule has 0 aromatic heterocycles. The van der Waals surface area contributed by atoms with Gasteiger partial charge in [0.1, 0.15) is 0 Å². The number of hydrogen-bond donors (Lipinski definition) is 1. The fourth-order valence-corrected chi connectivity index (χ4v) is 3.45. The maximum Gasteiger partial charge on any atom is 0.0816 e. The van der Waals surface area contributed by atoms with Gasteiger partial charge in [0.05, 0.1) is 4.99 Å². The molecule has 0 amide bonds. The van der Waals surface area contributed by atoms with Crippen LogP contribution in [-0.2, 0) is 0 Å². The van der Waals surface area contributed by atoms with Gasteiger partial charge in [-0.15, -0.1) is 0 Å². The molecule has 1 atom stereocenters. The van der Waals surface area contributed by atoms with Crippen molar-refractivity contribution in [2.75, 3.05) is 20.1 Å². The molecule has 0 saturated heterocycles. The highest BCUT2D eigenvalue weighted by Gasteiger charge is 2.20. The van der Waals surface area contributed by atoms with E-state index in [1.54, 1.807) is 0 Å². The van der Waals surface area contributed by atoms with Gasteiger partial charge in [0.25, 0.3) is 0 Å². The van der Waals surface area contributed by atoms with Crippen molar-refractivity contribution in [2.45, 2.75) is 38.0 Å². The molecule has 0 aliphatic heterocycles. The van der Waals surface area contributed by atoms with Crippen LogP contribution >= 0.6 is 12.2 Å². The van der Waals surface area contributed by atoms with Crippen LogP contribution in [0.2, 0.25) is 0 Å². The zero-order valence-corrected chi connectivity index (χ0v) is 13.2. The second kappa shape index (κ2) is 7.75. The molecule has 1 fully saturated rings. The van der Waals surface area contributed by atoms with Crippen LogP contribution in [0, 0.1) is 5.92 Å². The average molecular weight is 290 g/mol. The van der Waals surface area contributed by atoms with Crippen LogP contribution < -0.4 is 5.73 Å². The van der Waals surface area contributed by atoms with Gasteiger partial charge in [-0.25, -0.2) is 0 Å². The van der Waals surface area contributed by atoms with Crippen molar-refractivity contribution in [1.29, 1.82) is 0 Å². The zero-order chi connectivity index (χ0) is 14.4. The summed E-state index contributed by atoms with van der Waals surface area (Å²) in [5.74, 6) is 1.02. The van der Waals surface area contributed by atoms with Gasteiger partial charge in [-0.1, -0.05) is 61.8 Å². The van der Waals surface area contributed by atoms with E-state index in [2.05, 4.69) is 36.2 Å². The summed E-state index contributed by atoms with van der Waals surface area (Å²) in [6.07, 6.45) is 6.98. The molecule has 20 heavy (non-hydrogen) atoms. The van der Waals surface area contributed by atoms with Crippen LogP contribution in [0.1, 0.15) is 43.6 Å². The molecule has 1 aromatic rings. The van der Waals surface area contributed by atoms with E-state index in [4.69, 9.17) is 18.0 Å². The molecular formula is C17H26N2S. The summed E-state index contributed by atoms with van der Waals surface area (Å²) in [7, 11) is 2.20. The number of rotatable bonds is 6. The van der Waals surface area contributed by atoms with Crippen LogP contribution in [-0.4, -0.2) is 30.0 Å². The number of nitrogens with two attached hydrogens (primary N) is 1. The average Bonchev–Trinajstić information content (AvgIpc) is 2.46. The van der Waals surface area contributed by atoms with Crippen molar-refractivity contribution in [3.63, 3.8) is 0 Å². The Morgan fingerprint density at radius 1 is 1.25 bits per heavy atom. The molecular weight excluding hydrogens is 264 g/mol. The van der Waals surface area contributed by atoms with Gasteiger partial charge < -0.3 is 10.6 Å². The van der Waals surface area contributed by atoms with Gasteiger partial charge in [0.15, 0.2) is 0 Å². The lowest BCUT2D eigenvalue weighted by Gasteiger charge is -2.29. The van der Waals surface area contributed by atoms with E-state index in [1.807, 2.05) is 6.07 Å². The van der Waals surface area contributed by atoms with Crippen LogP contribution in [0.5, 0.6) is 0 Å². The van der Waals surface area contributed by atoms with Gasteiger partial charge in [0, 0.05) is 19.0 Å². The second-order valence-electron chi connectivity index (χ2n) is 6.09. The molecule has 1 aliphatic rings. The van der Waals surface area contributed by atoms with Crippen molar-refractivity contribution in [3.8, 4) is 0 Å². The molecule has 0 radical (unpaired) electrons. The van der Waals surface area contributed by atoms with E-state index in [-0.39, 0.29) is 5.92 Å². The van der Waals surface area contributed by atoms with E-state index >= 15 is 0 Å². The Hall–Kier alpha value is -0.930. The molecule has 1 saturated carbocycles. The maximum absolute atomic E-state index is 5.95. The predicted octanol–water partition coefficient (Wildman–Crippen LogP) is 3.57. The van der Waals surface area contributed by atoms with Crippen molar-refractivity contribution in [3.05, 3.63) is 35.9 Å². The Bertz CT molecular complexity index is 412. The van der Waals surface area contributed by atoms with Crippen LogP contribution in [0.4, 0.5) is 0 Å². The molecule has 3 heteroatoms. The summed E-state index contributed by atoms with van der Waals surface area (Å²) in [5, 5.41) is 0.